The van der Waals surface area contributed by atoms with E-state index in [2.05, 4.69) is 53.6 Å². The van der Waals surface area contributed by atoms with Gasteiger partial charge in [0.15, 0.2) is 0 Å². The SMILES string of the molecule is CC(C)(C)OC(=O)N1CCC(c2c[nH]c3ccc(-c4ccccc4)cc23)C1. The van der Waals surface area contributed by atoms with Crippen LogP contribution in [0, 0.1) is 0 Å². The van der Waals surface area contributed by atoms with E-state index < -0.39 is 5.60 Å². The lowest BCUT2D eigenvalue weighted by molar-refractivity contribution is 0.0292. The second-order valence-electron chi connectivity index (χ2n) is 8.28. The van der Waals surface area contributed by atoms with Gasteiger partial charge >= 0.3 is 6.09 Å². The first-order valence-electron chi connectivity index (χ1n) is 9.55. The van der Waals surface area contributed by atoms with Crippen LogP contribution in [0.2, 0.25) is 0 Å². The average Bonchev–Trinajstić information content (AvgIpc) is 3.27. The summed E-state index contributed by atoms with van der Waals surface area (Å²) >= 11 is 0. The van der Waals surface area contributed by atoms with Gasteiger partial charge < -0.3 is 14.6 Å². The molecule has 1 aliphatic rings. The highest BCUT2D eigenvalue weighted by atomic mass is 16.6. The topological polar surface area (TPSA) is 45.3 Å². The summed E-state index contributed by atoms with van der Waals surface area (Å²) in [5.74, 6) is 0.331. The summed E-state index contributed by atoms with van der Waals surface area (Å²) in [7, 11) is 0. The molecule has 4 rings (SSSR count). The standard InChI is InChI=1S/C23H26N2O2/c1-23(2,3)27-22(26)25-12-11-18(15-25)20-14-24-21-10-9-17(13-19(20)21)16-7-5-4-6-8-16/h4-10,13-14,18,24H,11-12,15H2,1-3H3. The van der Waals surface area contributed by atoms with Crippen molar-refractivity contribution >= 4 is 17.0 Å². The normalized spacial score (nSPS) is 17.4. The van der Waals surface area contributed by atoms with Crippen molar-refractivity contribution in [1.29, 1.82) is 0 Å². The maximum Gasteiger partial charge on any atom is 0.410 e. The molecule has 1 unspecified atom stereocenters. The number of carbonyl (C=O) groups is 1. The molecule has 0 bridgehead atoms. The number of hydrogen-bond donors (Lipinski definition) is 1. The molecule has 1 atom stereocenters. The molecule has 2 aromatic carbocycles. The first-order chi connectivity index (χ1) is 12.9. The van der Waals surface area contributed by atoms with Crippen molar-refractivity contribution in [3.8, 4) is 11.1 Å². The molecule has 1 aliphatic heterocycles. The molecule has 1 amide bonds. The summed E-state index contributed by atoms with van der Waals surface area (Å²) in [6.45, 7) is 7.16. The lowest BCUT2D eigenvalue weighted by atomic mass is 9.95. The number of H-pyrrole nitrogens is 1. The van der Waals surface area contributed by atoms with E-state index in [4.69, 9.17) is 4.74 Å². The van der Waals surface area contributed by atoms with E-state index in [9.17, 15) is 4.79 Å². The molecule has 27 heavy (non-hydrogen) atoms. The monoisotopic (exact) mass is 362 g/mol. The van der Waals surface area contributed by atoms with Crippen LogP contribution in [0.5, 0.6) is 0 Å². The molecule has 140 valence electrons. The Bertz CT molecular complexity index is 953. The number of ether oxygens (including phenoxy) is 1. The Labute approximate surface area is 160 Å². The fourth-order valence-electron chi connectivity index (χ4n) is 3.80. The highest BCUT2D eigenvalue weighted by molar-refractivity contribution is 5.88. The van der Waals surface area contributed by atoms with Gasteiger partial charge in [0.2, 0.25) is 0 Å². The summed E-state index contributed by atoms with van der Waals surface area (Å²) in [6.07, 6.45) is 2.85. The van der Waals surface area contributed by atoms with Gasteiger partial charge in [0, 0.05) is 36.1 Å². The molecule has 1 N–H and O–H groups in total. The zero-order valence-electron chi connectivity index (χ0n) is 16.2. The van der Waals surface area contributed by atoms with Gasteiger partial charge in [0.25, 0.3) is 0 Å². The predicted molar refractivity (Wildman–Crippen MR) is 109 cm³/mol. The fraction of sp³-hybridized carbons (Fsp3) is 0.348. The molecule has 0 aliphatic carbocycles. The van der Waals surface area contributed by atoms with Crippen LogP contribution in [0.15, 0.2) is 54.7 Å². The highest BCUT2D eigenvalue weighted by Gasteiger charge is 2.31. The van der Waals surface area contributed by atoms with Crippen molar-refractivity contribution in [3.63, 3.8) is 0 Å². The summed E-state index contributed by atoms with van der Waals surface area (Å²) < 4.78 is 5.53. The van der Waals surface area contributed by atoms with Gasteiger partial charge in [-0.05, 0) is 56.0 Å². The van der Waals surface area contributed by atoms with E-state index in [0.29, 0.717) is 12.5 Å². The van der Waals surface area contributed by atoms with Crippen LogP contribution in [-0.4, -0.2) is 34.7 Å². The zero-order valence-corrected chi connectivity index (χ0v) is 16.2. The van der Waals surface area contributed by atoms with Crippen molar-refractivity contribution < 1.29 is 9.53 Å². The minimum Gasteiger partial charge on any atom is -0.444 e. The summed E-state index contributed by atoms with van der Waals surface area (Å²) in [5.41, 5.74) is 4.40. The molecular weight excluding hydrogens is 336 g/mol. The lowest BCUT2D eigenvalue weighted by Gasteiger charge is -2.24. The third-order valence-corrected chi connectivity index (χ3v) is 5.10. The maximum absolute atomic E-state index is 12.4. The van der Waals surface area contributed by atoms with Crippen molar-refractivity contribution in [2.24, 2.45) is 0 Å². The van der Waals surface area contributed by atoms with Crippen molar-refractivity contribution in [2.45, 2.75) is 38.7 Å². The smallest absolute Gasteiger partial charge is 0.410 e. The van der Waals surface area contributed by atoms with E-state index in [0.717, 1.165) is 18.5 Å². The average molecular weight is 362 g/mol. The lowest BCUT2D eigenvalue weighted by Crippen LogP contribution is -2.35. The van der Waals surface area contributed by atoms with E-state index in [1.54, 1.807) is 0 Å². The molecular formula is C23H26N2O2. The molecule has 1 fully saturated rings. The summed E-state index contributed by atoms with van der Waals surface area (Å²) in [4.78, 5) is 17.6. The largest absolute Gasteiger partial charge is 0.444 e. The Morgan fingerprint density at radius 2 is 1.89 bits per heavy atom. The molecule has 1 saturated heterocycles. The molecule has 3 aromatic rings. The Hall–Kier alpha value is -2.75. The summed E-state index contributed by atoms with van der Waals surface area (Å²) in [6, 6.07) is 17.0. The first kappa shape index (κ1) is 17.7. The molecule has 1 aromatic heterocycles. The summed E-state index contributed by atoms with van der Waals surface area (Å²) in [5, 5.41) is 1.24. The van der Waals surface area contributed by atoms with Gasteiger partial charge in [0.1, 0.15) is 5.60 Å². The van der Waals surface area contributed by atoms with E-state index in [-0.39, 0.29) is 6.09 Å². The number of amides is 1. The van der Waals surface area contributed by atoms with Crippen LogP contribution in [0.4, 0.5) is 4.79 Å². The number of aromatic nitrogens is 1. The fourth-order valence-corrected chi connectivity index (χ4v) is 3.80. The molecule has 0 spiro atoms. The first-order valence-corrected chi connectivity index (χ1v) is 9.55. The van der Waals surface area contributed by atoms with Crippen molar-refractivity contribution in [3.05, 3.63) is 60.3 Å². The van der Waals surface area contributed by atoms with Gasteiger partial charge in [0.05, 0.1) is 0 Å². The van der Waals surface area contributed by atoms with E-state index in [1.807, 2.05) is 31.7 Å². The van der Waals surface area contributed by atoms with Crippen molar-refractivity contribution in [2.75, 3.05) is 13.1 Å². The Morgan fingerprint density at radius 1 is 1.11 bits per heavy atom. The van der Waals surface area contributed by atoms with Crippen LogP contribution in [0.1, 0.15) is 38.7 Å². The third kappa shape index (κ3) is 3.70. The van der Waals surface area contributed by atoms with Crippen LogP contribution in [0.25, 0.3) is 22.0 Å². The molecule has 4 nitrogen and oxygen atoms in total. The number of fused-ring (bicyclic) bond motifs is 1. The number of nitrogens with one attached hydrogen (secondary N) is 1. The second-order valence-corrected chi connectivity index (χ2v) is 8.28. The van der Waals surface area contributed by atoms with Gasteiger partial charge in [-0.15, -0.1) is 0 Å². The molecule has 4 heteroatoms. The highest BCUT2D eigenvalue weighted by Crippen LogP contribution is 2.35. The Balaban J connectivity index is 1.58. The minimum absolute atomic E-state index is 0.213. The van der Waals surface area contributed by atoms with Gasteiger partial charge in [-0.25, -0.2) is 4.79 Å². The predicted octanol–water partition coefficient (Wildman–Crippen LogP) is 5.56. The minimum atomic E-state index is -0.458. The van der Waals surface area contributed by atoms with Crippen LogP contribution in [0.3, 0.4) is 0 Å². The van der Waals surface area contributed by atoms with Crippen molar-refractivity contribution in [1.82, 2.24) is 9.88 Å². The van der Waals surface area contributed by atoms with Crippen LogP contribution >= 0.6 is 0 Å². The van der Waals surface area contributed by atoms with Crippen LogP contribution < -0.4 is 0 Å². The number of hydrogen-bond acceptors (Lipinski definition) is 2. The van der Waals surface area contributed by atoms with Gasteiger partial charge in [-0.2, -0.15) is 0 Å². The number of aromatic amines is 1. The number of benzene rings is 2. The van der Waals surface area contributed by atoms with Crippen LogP contribution in [-0.2, 0) is 4.74 Å². The van der Waals surface area contributed by atoms with Gasteiger partial charge in [-0.1, -0.05) is 36.4 Å². The number of rotatable bonds is 2. The molecule has 0 saturated carbocycles. The number of carbonyl (C=O) groups excluding carboxylic acids is 1. The zero-order chi connectivity index (χ0) is 19.0. The molecule has 2 heterocycles. The quantitative estimate of drug-likeness (QED) is 0.649. The maximum atomic E-state index is 12.4. The number of nitrogens with zero attached hydrogens (tertiary/aromatic N) is 1. The van der Waals surface area contributed by atoms with E-state index >= 15 is 0 Å². The van der Waals surface area contributed by atoms with Gasteiger partial charge in [-0.3, -0.25) is 0 Å². The Morgan fingerprint density at radius 3 is 2.63 bits per heavy atom. The Kier molecular flexibility index (Phi) is 4.42. The van der Waals surface area contributed by atoms with E-state index in [1.165, 1.54) is 22.1 Å². The molecule has 0 radical (unpaired) electrons. The number of likely N-dealkylation sites (tertiary alicyclic amines) is 1. The second kappa shape index (κ2) is 6.76. The third-order valence-electron chi connectivity index (χ3n) is 5.10.